The van der Waals surface area contributed by atoms with Gasteiger partial charge in [0, 0.05) is 0 Å². The minimum Gasteiger partial charge on any atom is -0.508 e. The summed E-state index contributed by atoms with van der Waals surface area (Å²) in [6.07, 6.45) is -1.14. The SMILES string of the molecule is CC(C)[C@@H](OC(=O)c1ccc(O)cc1)C(=O)NC(N)=O. The number of imide groups is 1. The first kappa shape index (κ1) is 15.5. The molecule has 1 aromatic rings. The number of phenolic OH excluding ortho intramolecular Hbond substituents is 1. The van der Waals surface area contributed by atoms with Crippen LogP contribution in [0.2, 0.25) is 0 Å². The highest BCUT2D eigenvalue weighted by molar-refractivity contribution is 5.98. The van der Waals surface area contributed by atoms with E-state index in [0.29, 0.717) is 0 Å². The van der Waals surface area contributed by atoms with Crippen molar-refractivity contribution in [3.63, 3.8) is 0 Å². The number of benzene rings is 1. The average Bonchev–Trinajstić information content (AvgIpc) is 2.35. The Kier molecular flexibility index (Phi) is 5.08. The van der Waals surface area contributed by atoms with Crippen molar-refractivity contribution in [1.29, 1.82) is 0 Å². The first-order valence-corrected chi connectivity index (χ1v) is 5.91. The summed E-state index contributed by atoms with van der Waals surface area (Å²) in [5.41, 5.74) is 5.03. The van der Waals surface area contributed by atoms with E-state index in [2.05, 4.69) is 0 Å². The third-order valence-electron chi connectivity index (χ3n) is 2.45. The lowest BCUT2D eigenvalue weighted by molar-refractivity contribution is -0.130. The molecule has 3 amide bonds. The Labute approximate surface area is 115 Å². The number of aromatic hydroxyl groups is 1. The van der Waals surface area contributed by atoms with Crippen LogP contribution in [0.3, 0.4) is 0 Å². The zero-order valence-electron chi connectivity index (χ0n) is 11.1. The third-order valence-corrected chi connectivity index (χ3v) is 2.45. The van der Waals surface area contributed by atoms with Crippen LogP contribution >= 0.6 is 0 Å². The van der Waals surface area contributed by atoms with Gasteiger partial charge in [-0.15, -0.1) is 0 Å². The minimum absolute atomic E-state index is 0.00781. The van der Waals surface area contributed by atoms with Gasteiger partial charge < -0.3 is 15.6 Å². The molecule has 0 fully saturated rings. The van der Waals surface area contributed by atoms with Gasteiger partial charge in [0.15, 0.2) is 6.10 Å². The molecule has 1 rings (SSSR count). The van der Waals surface area contributed by atoms with E-state index in [1.807, 2.05) is 5.32 Å². The van der Waals surface area contributed by atoms with Crippen molar-refractivity contribution in [2.24, 2.45) is 11.7 Å². The van der Waals surface area contributed by atoms with E-state index >= 15 is 0 Å². The maximum Gasteiger partial charge on any atom is 0.338 e. The van der Waals surface area contributed by atoms with E-state index in [1.165, 1.54) is 24.3 Å². The van der Waals surface area contributed by atoms with E-state index in [9.17, 15) is 14.4 Å². The highest BCUT2D eigenvalue weighted by Crippen LogP contribution is 2.14. The molecule has 4 N–H and O–H groups in total. The number of ether oxygens (including phenoxy) is 1. The molecule has 108 valence electrons. The second-order valence-corrected chi connectivity index (χ2v) is 4.47. The van der Waals surface area contributed by atoms with Gasteiger partial charge >= 0.3 is 12.0 Å². The first-order valence-electron chi connectivity index (χ1n) is 5.91. The summed E-state index contributed by atoms with van der Waals surface area (Å²) < 4.78 is 5.06. The lowest BCUT2D eigenvalue weighted by atomic mass is 10.1. The van der Waals surface area contributed by atoms with Gasteiger partial charge in [-0.3, -0.25) is 10.1 Å². The van der Waals surface area contributed by atoms with E-state index in [1.54, 1.807) is 13.8 Å². The minimum atomic E-state index is -1.14. The maximum absolute atomic E-state index is 11.9. The number of nitrogens with one attached hydrogen (secondary N) is 1. The average molecular weight is 280 g/mol. The molecule has 0 aliphatic rings. The molecule has 0 spiro atoms. The Balaban J connectivity index is 2.80. The summed E-state index contributed by atoms with van der Waals surface area (Å²) in [6, 6.07) is 4.36. The van der Waals surface area contributed by atoms with Gasteiger partial charge in [0.25, 0.3) is 5.91 Å². The number of amides is 3. The number of carbonyl (C=O) groups is 3. The summed E-state index contributed by atoms with van der Waals surface area (Å²) in [5.74, 6) is -1.84. The van der Waals surface area contributed by atoms with Gasteiger partial charge in [-0.25, -0.2) is 9.59 Å². The van der Waals surface area contributed by atoms with Crippen LogP contribution in [-0.4, -0.2) is 29.1 Å². The van der Waals surface area contributed by atoms with Gasteiger partial charge in [-0.2, -0.15) is 0 Å². The molecule has 0 bridgehead atoms. The second-order valence-electron chi connectivity index (χ2n) is 4.47. The van der Waals surface area contributed by atoms with E-state index < -0.39 is 24.0 Å². The maximum atomic E-state index is 11.9. The van der Waals surface area contributed by atoms with Gasteiger partial charge in [0.05, 0.1) is 5.56 Å². The highest BCUT2D eigenvalue weighted by atomic mass is 16.5. The third kappa shape index (κ3) is 4.27. The number of primary amides is 1. The molecule has 0 heterocycles. The number of urea groups is 1. The molecule has 0 aliphatic carbocycles. The zero-order valence-corrected chi connectivity index (χ0v) is 11.1. The predicted molar refractivity (Wildman–Crippen MR) is 69.9 cm³/mol. The predicted octanol–water partition coefficient (Wildman–Crippen LogP) is 0.769. The monoisotopic (exact) mass is 280 g/mol. The molecule has 7 nitrogen and oxygen atoms in total. The number of esters is 1. The van der Waals surface area contributed by atoms with Crippen LogP contribution in [0.5, 0.6) is 5.75 Å². The molecule has 1 atom stereocenters. The normalized spacial score (nSPS) is 11.8. The summed E-state index contributed by atoms with van der Waals surface area (Å²) >= 11 is 0. The summed E-state index contributed by atoms with van der Waals surface area (Å²) in [5, 5.41) is 11.0. The molecule has 0 saturated heterocycles. The number of hydrogen-bond acceptors (Lipinski definition) is 5. The summed E-state index contributed by atoms with van der Waals surface area (Å²) in [7, 11) is 0. The van der Waals surface area contributed by atoms with Crippen molar-refractivity contribution < 1.29 is 24.2 Å². The van der Waals surface area contributed by atoms with E-state index in [0.717, 1.165) is 0 Å². The summed E-state index contributed by atoms with van der Waals surface area (Å²) in [4.78, 5) is 34.2. The molecule has 1 aromatic carbocycles. The van der Waals surface area contributed by atoms with Crippen molar-refractivity contribution in [3.05, 3.63) is 29.8 Å². The van der Waals surface area contributed by atoms with Gasteiger partial charge in [-0.05, 0) is 30.2 Å². The van der Waals surface area contributed by atoms with Crippen LogP contribution in [0.4, 0.5) is 4.79 Å². The molecule has 7 heteroatoms. The van der Waals surface area contributed by atoms with Crippen LogP contribution in [0.15, 0.2) is 24.3 Å². The topological polar surface area (TPSA) is 119 Å². The van der Waals surface area contributed by atoms with Crippen molar-refractivity contribution in [2.75, 3.05) is 0 Å². The van der Waals surface area contributed by atoms with Crippen LogP contribution in [0, 0.1) is 5.92 Å². The highest BCUT2D eigenvalue weighted by Gasteiger charge is 2.27. The smallest absolute Gasteiger partial charge is 0.338 e. The van der Waals surface area contributed by atoms with E-state index in [-0.39, 0.29) is 17.2 Å². The Morgan fingerprint density at radius 1 is 1.20 bits per heavy atom. The van der Waals surface area contributed by atoms with Crippen LogP contribution < -0.4 is 11.1 Å². The van der Waals surface area contributed by atoms with Crippen LogP contribution in [0.25, 0.3) is 0 Å². The quantitative estimate of drug-likeness (QED) is 0.704. The Bertz CT molecular complexity index is 510. The van der Waals surface area contributed by atoms with Crippen LogP contribution in [-0.2, 0) is 9.53 Å². The van der Waals surface area contributed by atoms with Gasteiger partial charge in [0.2, 0.25) is 0 Å². The number of nitrogens with two attached hydrogens (primary N) is 1. The number of carbonyl (C=O) groups excluding carboxylic acids is 3. The van der Waals surface area contributed by atoms with Crippen molar-refractivity contribution in [1.82, 2.24) is 5.32 Å². The lowest BCUT2D eigenvalue weighted by Crippen LogP contribution is -2.45. The fourth-order valence-corrected chi connectivity index (χ4v) is 1.47. The van der Waals surface area contributed by atoms with Crippen molar-refractivity contribution in [2.45, 2.75) is 20.0 Å². The standard InChI is InChI=1S/C13H16N2O5/c1-7(2)10(11(17)15-13(14)19)20-12(18)8-3-5-9(16)6-4-8/h3-7,10,16H,1-2H3,(H3,14,15,17,19)/t10-/m1/s1. The fourth-order valence-electron chi connectivity index (χ4n) is 1.47. The van der Waals surface area contributed by atoms with Gasteiger partial charge in [0.1, 0.15) is 5.75 Å². The molecular weight excluding hydrogens is 264 g/mol. The Hall–Kier alpha value is -2.57. The lowest BCUT2D eigenvalue weighted by Gasteiger charge is -2.19. The molecular formula is C13H16N2O5. The molecule has 20 heavy (non-hydrogen) atoms. The molecule has 0 aliphatic heterocycles. The van der Waals surface area contributed by atoms with E-state index in [4.69, 9.17) is 15.6 Å². The molecule has 0 aromatic heterocycles. The Morgan fingerprint density at radius 2 is 1.75 bits per heavy atom. The molecule has 0 saturated carbocycles. The van der Waals surface area contributed by atoms with Crippen molar-refractivity contribution in [3.8, 4) is 5.75 Å². The number of hydrogen-bond donors (Lipinski definition) is 3. The summed E-state index contributed by atoms with van der Waals surface area (Å²) in [6.45, 7) is 3.32. The van der Waals surface area contributed by atoms with Crippen LogP contribution in [0.1, 0.15) is 24.2 Å². The fraction of sp³-hybridized carbons (Fsp3) is 0.308. The zero-order chi connectivity index (χ0) is 15.3. The molecule has 0 unspecified atom stereocenters. The molecule has 0 radical (unpaired) electrons. The number of rotatable bonds is 4. The first-order chi connectivity index (χ1) is 9.31. The second kappa shape index (κ2) is 6.55. The van der Waals surface area contributed by atoms with Crippen molar-refractivity contribution >= 4 is 17.9 Å². The number of phenols is 1. The largest absolute Gasteiger partial charge is 0.508 e. The van der Waals surface area contributed by atoms with Gasteiger partial charge in [-0.1, -0.05) is 13.8 Å². The Morgan fingerprint density at radius 3 is 2.20 bits per heavy atom.